The molecule has 1 N–H and O–H groups in total. The van der Waals surface area contributed by atoms with E-state index in [1.54, 1.807) is 6.08 Å². The van der Waals surface area contributed by atoms with E-state index in [1.807, 2.05) is 47.2 Å². The van der Waals surface area contributed by atoms with Gasteiger partial charge < -0.3 is 10.1 Å². The zero-order valence-electron chi connectivity index (χ0n) is 15.2. The molecule has 1 amide bonds. The van der Waals surface area contributed by atoms with Gasteiger partial charge in [-0.1, -0.05) is 18.2 Å². The van der Waals surface area contributed by atoms with Gasteiger partial charge in [-0.2, -0.15) is 0 Å². The predicted octanol–water partition coefficient (Wildman–Crippen LogP) is 3.26. The summed E-state index contributed by atoms with van der Waals surface area (Å²) >= 11 is 0. The van der Waals surface area contributed by atoms with E-state index in [9.17, 15) is 4.79 Å². The topological polar surface area (TPSA) is 81.9 Å². The Hall–Kier alpha value is -3.48. The molecule has 2 heterocycles. The van der Waals surface area contributed by atoms with E-state index in [0.29, 0.717) is 11.7 Å². The van der Waals surface area contributed by atoms with Crippen LogP contribution in [0.25, 0.3) is 17.5 Å². The first kappa shape index (κ1) is 16.7. The number of nitrogens with zero attached hydrogens (tertiary/aromatic N) is 4. The smallest absolute Gasteiger partial charge is 0.248 e. The molecule has 0 atom stereocenters. The standard InChI is InChI=1S/C21H19N5O2/c27-20(9-5-14-4-8-19-15(12-14)10-11-28-19)22-17-3-1-2-16(13-17)21-23-24-25-26(21)18-6-7-18/h1-5,8-9,12-13,18H,6-7,10-11H2,(H,22,27)/b9-5+. The SMILES string of the molecule is O=C(/C=C/c1ccc2c(c1)CCO2)Nc1cccc(-c2nnnn2C2CC2)c1. The Morgan fingerprint density at radius 2 is 2.14 bits per heavy atom. The van der Waals surface area contributed by atoms with Gasteiger partial charge in [0.15, 0.2) is 5.82 Å². The van der Waals surface area contributed by atoms with Crippen LogP contribution in [0.3, 0.4) is 0 Å². The normalized spacial score (nSPS) is 15.4. The lowest BCUT2D eigenvalue weighted by Crippen LogP contribution is -2.08. The van der Waals surface area contributed by atoms with E-state index in [-0.39, 0.29) is 5.91 Å². The first-order chi connectivity index (χ1) is 13.8. The molecule has 0 unspecified atom stereocenters. The molecule has 0 saturated heterocycles. The van der Waals surface area contributed by atoms with Crippen LogP contribution in [0.15, 0.2) is 48.5 Å². The van der Waals surface area contributed by atoms with Gasteiger partial charge >= 0.3 is 0 Å². The molecule has 1 aromatic heterocycles. The third kappa shape index (κ3) is 3.38. The van der Waals surface area contributed by atoms with Crippen molar-refractivity contribution in [2.45, 2.75) is 25.3 Å². The van der Waals surface area contributed by atoms with Gasteiger partial charge in [-0.15, -0.1) is 5.10 Å². The van der Waals surface area contributed by atoms with Crippen molar-refractivity contribution in [1.29, 1.82) is 0 Å². The number of anilines is 1. The quantitative estimate of drug-likeness (QED) is 0.694. The van der Waals surface area contributed by atoms with Gasteiger partial charge in [-0.05, 0) is 64.7 Å². The second kappa shape index (κ2) is 6.92. The van der Waals surface area contributed by atoms with Gasteiger partial charge in [-0.3, -0.25) is 4.79 Å². The molecule has 5 rings (SSSR count). The number of carbonyl (C=O) groups excluding carboxylic acids is 1. The van der Waals surface area contributed by atoms with Gasteiger partial charge in [0, 0.05) is 23.7 Å². The molecular weight excluding hydrogens is 354 g/mol. The van der Waals surface area contributed by atoms with E-state index >= 15 is 0 Å². The second-order valence-corrected chi connectivity index (χ2v) is 7.05. The van der Waals surface area contributed by atoms with Crippen molar-refractivity contribution in [3.8, 4) is 17.1 Å². The molecule has 3 aromatic rings. The maximum absolute atomic E-state index is 12.3. The Bertz CT molecular complexity index is 1070. The van der Waals surface area contributed by atoms with E-state index in [0.717, 1.165) is 48.6 Å². The number of tetrazole rings is 1. The number of ether oxygens (including phenoxy) is 1. The molecule has 7 nitrogen and oxygen atoms in total. The number of amides is 1. The summed E-state index contributed by atoms with van der Waals surface area (Å²) < 4.78 is 7.37. The van der Waals surface area contributed by atoms with Gasteiger partial charge in [0.25, 0.3) is 0 Å². The summed E-state index contributed by atoms with van der Waals surface area (Å²) in [5.41, 5.74) is 3.76. The van der Waals surface area contributed by atoms with Crippen molar-refractivity contribution in [1.82, 2.24) is 20.2 Å². The summed E-state index contributed by atoms with van der Waals surface area (Å²) in [7, 11) is 0. The fourth-order valence-corrected chi connectivity index (χ4v) is 3.35. The predicted molar refractivity (Wildman–Crippen MR) is 105 cm³/mol. The molecule has 0 spiro atoms. The lowest BCUT2D eigenvalue weighted by molar-refractivity contribution is -0.111. The van der Waals surface area contributed by atoms with E-state index < -0.39 is 0 Å². The average molecular weight is 373 g/mol. The molecule has 2 aliphatic rings. The maximum Gasteiger partial charge on any atom is 0.248 e. The molecule has 1 fully saturated rings. The highest BCUT2D eigenvalue weighted by Crippen LogP contribution is 2.36. The highest BCUT2D eigenvalue weighted by Gasteiger charge is 2.28. The first-order valence-electron chi connectivity index (χ1n) is 9.39. The summed E-state index contributed by atoms with van der Waals surface area (Å²) in [4.78, 5) is 12.3. The molecule has 140 valence electrons. The van der Waals surface area contributed by atoms with Crippen LogP contribution < -0.4 is 10.1 Å². The summed E-state index contributed by atoms with van der Waals surface area (Å²) in [6.07, 6.45) is 6.47. The summed E-state index contributed by atoms with van der Waals surface area (Å²) in [6.45, 7) is 0.726. The van der Waals surface area contributed by atoms with Crippen molar-refractivity contribution in [3.05, 3.63) is 59.7 Å². The van der Waals surface area contributed by atoms with Crippen molar-refractivity contribution >= 4 is 17.7 Å². The van der Waals surface area contributed by atoms with Crippen molar-refractivity contribution in [2.24, 2.45) is 0 Å². The molecule has 28 heavy (non-hydrogen) atoms. The number of fused-ring (bicyclic) bond motifs is 1. The minimum absolute atomic E-state index is 0.185. The number of nitrogens with one attached hydrogen (secondary N) is 1. The van der Waals surface area contributed by atoms with E-state index in [1.165, 1.54) is 5.56 Å². The number of hydrogen-bond donors (Lipinski definition) is 1. The van der Waals surface area contributed by atoms with Gasteiger partial charge in [0.05, 0.1) is 12.6 Å². The number of rotatable bonds is 5. The Morgan fingerprint density at radius 3 is 3.04 bits per heavy atom. The average Bonchev–Trinajstić information content (AvgIpc) is 3.25. The van der Waals surface area contributed by atoms with Crippen LogP contribution in [-0.2, 0) is 11.2 Å². The third-order valence-corrected chi connectivity index (χ3v) is 4.91. The van der Waals surface area contributed by atoms with Crippen LogP contribution in [0.1, 0.15) is 30.0 Å². The highest BCUT2D eigenvalue weighted by molar-refractivity contribution is 6.02. The largest absolute Gasteiger partial charge is 0.493 e. The van der Waals surface area contributed by atoms with Crippen molar-refractivity contribution < 1.29 is 9.53 Å². The van der Waals surface area contributed by atoms with Crippen LogP contribution in [-0.4, -0.2) is 32.7 Å². The monoisotopic (exact) mass is 373 g/mol. The van der Waals surface area contributed by atoms with Crippen molar-refractivity contribution in [3.63, 3.8) is 0 Å². The second-order valence-electron chi connectivity index (χ2n) is 7.05. The molecule has 1 aliphatic carbocycles. The fraction of sp³-hybridized carbons (Fsp3) is 0.238. The molecule has 0 radical (unpaired) electrons. The Morgan fingerprint density at radius 1 is 1.21 bits per heavy atom. The minimum Gasteiger partial charge on any atom is -0.493 e. The Kier molecular flexibility index (Phi) is 4.12. The van der Waals surface area contributed by atoms with Crippen LogP contribution >= 0.6 is 0 Å². The minimum atomic E-state index is -0.185. The Balaban J connectivity index is 1.29. The van der Waals surface area contributed by atoms with Crippen LogP contribution in [0.2, 0.25) is 0 Å². The van der Waals surface area contributed by atoms with Gasteiger partial charge in [-0.25, -0.2) is 4.68 Å². The van der Waals surface area contributed by atoms with Gasteiger partial charge in [0.1, 0.15) is 5.75 Å². The molecule has 1 aliphatic heterocycles. The lowest BCUT2D eigenvalue weighted by atomic mass is 10.1. The molecule has 1 saturated carbocycles. The van der Waals surface area contributed by atoms with Crippen LogP contribution in [0.5, 0.6) is 5.75 Å². The van der Waals surface area contributed by atoms with E-state index in [4.69, 9.17) is 4.74 Å². The highest BCUT2D eigenvalue weighted by atomic mass is 16.5. The summed E-state index contributed by atoms with van der Waals surface area (Å²) in [5, 5.41) is 14.9. The lowest BCUT2D eigenvalue weighted by Gasteiger charge is -2.06. The Labute approximate surface area is 162 Å². The van der Waals surface area contributed by atoms with Crippen molar-refractivity contribution in [2.75, 3.05) is 11.9 Å². The maximum atomic E-state index is 12.3. The first-order valence-corrected chi connectivity index (χ1v) is 9.39. The number of hydrogen-bond acceptors (Lipinski definition) is 5. The van der Waals surface area contributed by atoms with E-state index in [2.05, 4.69) is 26.9 Å². The number of carbonyl (C=O) groups is 1. The summed E-state index contributed by atoms with van der Waals surface area (Å²) in [5.74, 6) is 1.48. The molecule has 2 aromatic carbocycles. The zero-order valence-corrected chi connectivity index (χ0v) is 15.2. The molecular formula is C21H19N5O2. The number of aromatic nitrogens is 4. The van der Waals surface area contributed by atoms with Gasteiger partial charge in [0.2, 0.25) is 5.91 Å². The number of benzene rings is 2. The molecule has 0 bridgehead atoms. The summed E-state index contributed by atoms with van der Waals surface area (Å²) in [6, 6.07) is 13.9. The fourth-order valence-electron chi connectivity index (χ4n) is 3.35. The van der Waals surface area contributed by atoms with Crippen LogP contribution in [0, 0.1) is 0 Å². The molecule has 7 heteroatoms. The zero-order chi connectivity index (χ0) is 18.9. The third-order valence-electron chi connectivity index (χ3n) is 4.91. The van der Waals surface area contributed by atoms with Crippen LogP contribution in [0.4, 0.5) is 5.69 Å².